The van der Waals surface area contributed by atoms with E-state index < -0.39 is 0 Å². The quantitative estimate of drug-likeness (QED) is 0.604. The molecule has 5 heteroatoms. The topological polar surface area (TPSA) is 49.8 Å². The summed E-state index contributed by atoms with van der Waals surface area (Å²) in [7, 11) is 0. The first kappa shape index (κ1) is 11.7. The van der Waals surface area contributed by atoms with Crippen molar-refractivity contribution < 1.29 is 0 Å². The molecule has 2 rings (SSSR count). The number of anilines is 1. The first-order valence-electron chi connectivity index (χ1n) is 5.72. The molecule has 0 unspecified atom stereocenters. The lowest BCUT2D eigenvalue weighted by Crippen LogP contribution is -2.24. The van der Waals surface area contributed by atoms with Gasteiger partial charge in [-0.1, -0.05) is 0 Å². The van der Waals surface area contributed by atoms with Crippen molar-refractivity contribution in [3.8, 4) is 0 Å². The Bertz CT molecular complexity index is 326. The van der Waals surface area contributed by atoms with Gasteiger partial charge in [0.2, 0.25) is 0 Å². The largest absolute Gasteiger partial charge is 0.370 e. The van der Waals surface area contributed by atoms with Crippen LogP contribution in [0.15, 0.2) is 17.4 Å². The minimum Gasteiger partial charge on any atom is -0.370 e. The molecule has 0 aromatic carbocycles. The van der Waals surface area contributed by atoms with Crippen molar-refractivity contribution in [1.82, 2.24) is 15.3 Å². The Kier molecular flexibility index (Phi) is 4.42. The number of nitrogens with one attached hydrogen (secondary N) is 2. The van der Waals surface area contributed by atoms with Crippen molar-refractivity contribution in [2.45, 2.75) is 30.3 Å². The Hall–Kier alpha value is -0.810. The fourth-order valence-corrected chi connectivity index (χ4v) is 2.31. The average Bonchev–Trinajstić information content (AvgIpc) is 2.82. The predicted molar refractivity (Wildman–Crippen MR) is 67.9 cm³/mol. The van der Waals surface area contributed by atoms with Crippen LogP contribution in [0.25, 0.3) is 0 Å². The predicted octanol–water partition coefficient (Wildman–Crippen LogP) is 1.75. The molecule has 1 aromatic rings. The third-order valence-electron chi connectivity index (χ3n) is 2.81. The second-order valence-corrected chi connectivity index (χ2v) is 4.78. The molecule has 1 aliphatic rings. The van der Waals surface area contributed by atoms with E-state index in [1.54, 1.807) is 18.1 Å². The van der Waals surface area contributed by atoms with E-state index in [-0.39, 0.29) is 0 Å². The van der Waals surface area contributed by atoms with E-state index in [1.165, 1.54) is 25.8 Å². The van der Waals surface area contributed by atoms with Crippen molar-refractivity contribution in [2.24, 2.45) is 0 Å². The summed E-state index contributed by atoms with van der Waals surface area (Å²) in [6.07, 6.45) is 7.42. The van der Waals surface area contributed by atoms with Gasteiger partial charge in [-0.25, -0.2) is 9.97 Å². The summed E-state index contributed by atoms with van der Waals surface area (Å²) in [5, 5.41) is 7.84. The normalized spacial score (nSPS) is 19.9. The van der Waals surface area contributed by atoms with Crippen LogP contribution in [0.4, 0.5) is 5.82 Å². The second kappa shape index (κ2) is 6.06. The first-order valence-corrected chi connectivity index (χ1v) is 6.94. The van der Waals surface area contributed by atoms with E-state index in [9.17, 15) is 0 Å². The van der Waals surface area contributed by atoms with Gasteiger partial charge in [0.1, 0.15) is 17.2 Å². The summed E-state index contributed by atoms with van der Waals surface area (Å²) in [6.45, 7) is 2.15. The van der Waals surface area contributed by atoms with Crippen LogP contribution in [0.1, 0.15) is 19.3 Å². The number of rotatable bonds is 5. The van der Waals surface area contributed by atoms with E-state index in [0.29, 0.717) is 6.04 Å². The molecule has 0 aliphatic carbocycles. The second-order valence-electron chi connectivity index (χ2n) is 3.95. The summed E-state index contributed by atoms with van der Waals surface area (Å²) in [5.41, 5.74) is 0. The lowest BCUT2D eigenvalue weighted by atomic mass is 10.1. The molecule has 1 aliphatic heterocycles. The van der Waals surface area contributed by atoms with Crippen LogP contribution in [0, 0.1) is 0 Å². The highest BCUT2D eigenvalue weighted by Gasteiger charge is 2.12. The van der Waals surface area contributed by atoms with Gasteiger partial charge in [-0.2, -0.15) is 0 Å². The van der Waals surface area contributed by atoms with Gasteiger partial charge in [0.15, 0.2) is 0 Å². The highest BCUT2D eigenvalue weighted by atomic mass is 32.2. The zero-order valence-corrected chi connectivity index (χ0v) is 10.4. The van der Waals surface area contributed by atoms with E-state index in [2.05, 4.69) is 20.6 Å². The number of aromatic nitrogens is 2. The van der Waals surface area contributed by atoms with Crippen molar-refractivity contribution >= 4 is 17.6 Å². The maximum Gasteiger partial charge on any atom is 0.130 e. The molecule has 88 valence electrons. The molecule has 0 saturated carbocycles. The third-order valence-corrected chi connectivity index (χ3v) is 3.45. The van der Waals surface area contributed by atoms with Gasteiger partial charge in [-0.3, -0.25) is 0 Å². The summed E-state index contributed by atoms with van der Waals surface area (Å²) in [4.78, 5) is 8.34. The van der Waals surface area contributed by atoms with Crippen LogP contribution < -0.4 is 10.6 Å². The number of nitrogens with zero attached hydrogens (tertiary/aromatic N) is 2. The molecule has 2 N–H and O–H groups in total. The van der Waals surface area contributed by atoms with E-state index in [4.69, 9.17) is 0 Å². The summed E-state index contributed by atoms with van der Waals surface area (Å²) < 4.78 is 0. The monoisotopic (exact) mass is 238 g/mol. The Labute approximate surface area is 101 Å². The highest BCUT2D eigenvalue weighted by molar-refractivity contribution is 7.98. The van der Waals surface area contributed by atoms with Crippen molar-refractivity contribution in [3.63, 3.8) is 0 Å². The molecule has 1 fully saturated rings. The van der Waals surface area contributed by atoms with Gasteiger partial charge >= 0.3 is 0 Å². The Morgan fingerprint density at radius 1 is 1.56 bits per heavy atom. The van der Waals surface area contributed by atoms with Crippen molar-refractivity contribution in [2.75, 3.05) is 24.7 Å². The fourth-order valence-electron chi connectivity index (χ4n) is 1.93. The molecule has 1 saturated heterocycles. The minimum atomic E-state index is 0.689. The molecule has 1 aromatic heterocycles. The van der Waals surface area contributed by atoms with Gasteiger partial charge in [0.05, 0.1) is 0 Å². The van der Waals surface area contributed by atoms with Crippen molar-refractivity contribution in [3.05, 3.63) is 12.4 Å². The van der Waals surface area contributed by atoms with Gasteiger partial charge in [0.25, 0.3) is 0 Å². The summed E-state index contributed by atoms with van der Waals surface area (Å²) in [6, 6.07) is 2.68. The standard InChI is InChI=1S/C11H18N4S/c1-16-11-7-10(14-8-15-11)13-6-4-9-3-2-5-12-9/h7-9,12H,2-6H2,1H3,(H,13,14,15)/t9-/m1/s1. The maximum absolute atomic E-state index is 4.20. The number of hydrogen-bond acceptors (Lipinski definition) is 5. The fraction of sp³-hybridized carbons (Fsp3) is 0.636. The SMILES string of the molecule is CSc1cc(NCC[C@H]2CCCN2)ncn1. The maximum atomic E-state index is 4.20. The molecular weight excluding hydrogens is 220 g/mol. The number of hydrogen-bond donors (Lipinski definition) is 2. The van der Waals surface area contributed by atoms with Crippen LogP contribution in [0.2, 0.25) is 0 Å². The van der Waals surface area contributed by atoms with Gasteiger partial charge < -0.3 is 10.6 Å². The molecular formula is C11H18N4S. The van der Waals surface area contributed by atoms with Crippen molar-refractivity contribution in [1.29, 1.82) is 0 Å². The van der Waals surface area contributed by atoms with Crippen LogP contribution in [0.5, 0.6) is 0 Å². The highest BCUT2D eigenvalue weighted by Crippen LogP contribution is 2.14. The van der Waals surface area contributed by atoms with Crippen LogP contribution in [-0.2, 0) is 0 Å². The molecule has 4 nitrogen and oxygen atoms in total. The minimum absolute atomic E-state index is 0.689. The molecule has 0 amide bonds. The van der Waals surface area contributed by atoms with Gasteiger partial charge in [0, 0.05) is 18.7 Å². The van der Waals surface area contributed by atoms with E-state index >= 15 is 0 Å². The third kappa shape index (κ3) is 3.35. The van der Waals surface area contributed by atoms with Crippen LogP contribution in [-0.4, -0.2) is 35.4 Å². The molecule has 16 heavy (non-hydrogen) atoms. The van der Waals surface area contributed by atoms with E-state index in [1.807, 2.05) is 12.3 Å². The molecule has 2 heterocycles. The average molecular weight is 238 g/mol. The lowest BCUT2D eigenvalue weighted by molar-refractivity contribution is 0.574. The van der Waals surface area contributed by atoms with Gasteiger partial charge in [-0.05, 0) is 32.1 Å². The first-order chi connectivity index (χ1) is 7.88. The smallest absolute Gasteiger partial charge is 0.130 e. The van der Waals surface area contributed by atoms with E-state index in [0.717, 1.165) is 17.4 Å². The summed E-state index contributed by atoms with van der Waals surface area (Å²) in [5.74, 6) is 0.928. The van der Waals surface area contributed by atoms with Gasteiger partial charge in [-0.15, -0.1) is 11.8 Å². The number of thioether (sulfide) groups is 1. The zero-order valence-electron chi connectivity index (χ0n) is 9.57. The lowest BCUT2D eigenvalue weighted by Gasteiger charge is -2.11. The molecule has 0 bridgehead atoms. The van der Waals surface area contributed by atoms with Crippen LogP contribution >= 0.6 is 11.8 Å². The molecule has 1 atom stereocenters. The molecule has 0 spiro atoms. The molecule has 0 radical (unpaired) electrons. The zero-order chi connectivity index (χ0) is 11.2. The van der Waals surface area contributed by atoms with Crippen LogP contribution in [0.3, 0.4) is 0 Å². The Morgan fingerprint density at radius 3 is 3.25 bits per heavy atom. The Balaban J connectivity index is 1.75. The summed E-state index contributed by atoms with van der Waals surface area (Å²) >= 11 is 1.64. The Morgan fingerprint density at radius 2 is 2.50 bits per heavy atom.